The van der Waals surface area contributed by atoms with Crippen LogP contribution in [0.3, 0.4) is 0 Å². The molecule has 0 unspecified atom stereocenters. The molecule has 0 atom stereocenters. The number of hydrogen-bond donors (Lipinski definition) is 0. The summed E-state index contributed by atoms with van der Waals surface area (Å²) in [5.74, 6) is 0. The van der Waals surface area contributed by atoms with Crippen molar-refractivity contribution in [1.82, 2.24) is 0 Å². The van der Waals surface area contributed by atoms with E-state index in [9.17, 15) is 0 Å². The number of benzene rings is 2. The minimum absolute atomic E-state index is 0.780. The van der Waals surface area contributed by atoms with Crippen molar-refractivity contribution in [3.8, 4) is 11.1 Å². The average molecular weight is 393 g/mol. The highest BCUT2D eigenvalue weighted by Crippen LogP contribution is 2.33. The summed E-state index contributed by atoms with van der Waals surface area (Å²) in [6.07, 6.45) is 0. The predicted molar refractivity (Wildman–Crippen MR) is 77.3 cm³/mol. The molecule has 0 amide bonds. The maximum absolute atomic E-state index is 6.18. The molecule has 76 valence electrons. The quantitative estimate of drug-likeness (QED) is 0.571. The van der Waals surface area contributed by atoms with Gasteiger partial charge in [-0.25, -0.2) is 0 Å². The van der Waals surface area contributed by atoms with Gasteiger partial charge in [0.15, 0.2) is 0 Å². The topological polar surface area (TPSA) is 0 Å². The molecule has 0 aliphatic heterocycles. The van der Waals surface area contributed by atoms with E-state index in [2.05, 4.69) is 50.7 Å². The van der Waals surface area contributed by atoms with E-state index in [4.69, 9.17) is 11.6 Å². The smallest absolute Gasteiger partial charge is 0.0485 e. The van der Waals surface area contributed by atoms with Crippen molar-refractivity contribution in [3.63, 3.8) is 0 Å². The Kier molecular flexibility index (Phi) is 3.69. The van der Waals surface area contributed by atoms with Crippen LogP contribution in [0.5, 0.6) is 0 Å². The van der Waals surface area contributed by atoms with Crippen molar-refractivity contribution in [1.29, 1.82) is 0 Å². The molecule has 0 saturated heterocycles. The molecule has 0 spiro atoms. The van der Waals surface area contributed by atoms with Crippen LogP contribution in [0, 0.1) is 3.57 Å². The molecule has 0 aliphatic rings. The van der Waals surface area contributed by atoms with E-state index in [1.807, 2.05) is 30.3 Å². The highest BCUT2D eigenvalue weighted by Gasteiger charge is 2.06. The predicted octanol–water partition coefficient (Wildman–Crippen LogP) is 5.37. The maximum atomic E-state index is 6.18. The van der Waals surface area contributed by atoms with Gasteiger partial charge >= 0.3 is 0 Å². The van der Waals surface area contributed by atoms with Crippen molar-refractivity contribution in [2.45, 2.75) is 0 Å². The fourth-order valence-electron chi connectivity index (χ4n) is 1.38. The third kappa shape index (κ3) is 2.55. The van der Waals surface area contributed by atoms with E-state index in [1.54, 1.807) is 0 Å². The molecule has 0 heterocycles. The highest BCUT2D eigenvalue weighted by molar-refractivity contribution is 14.1. The molecule has 0 nitrogen and oxygen atoms in total. The Morgan fingerprint density at radius 2 is 1.73 bits per heavy atom. The molecule has 0 radical (unpaired) electrons. The summed E-state index contributed by atoms with van der Waals surface area (Å²) >= 11 is 12.0. The number of rotatable bonds is 1. The van der Waals surface area contributed by atoms with Crippen LogP contribution >= 0.6 is 50.1 Å². The second kappa shape index (κ2) is 4.85. The zero-order valence-electron chi connectivity index (χ0n) is 7.68. The molecule has 15 heavy (non-hydrogen) atoms. The molecule has 0 fully saturated rings. The molecule has 0 N–H and O–H groups in total. The summed E-state index contributed by atoms with van der Waals surface area (Å²) in [5.41, 5.74) is 2.24. The van der Waals surface area contributed by atoms with Gasteiger partial charge in [0, 0.05) is 18.6 Å². The third-order valence-electron chi connectivity index (χ3n) is 2.09. The van der Waals surface area contributed by atoms with E-state index in [1.165, 1.54) is 9.13 Å². The summed E-state index contributed by atoms with van der Waals surface area (Å²) in [4.78, 5) is 0. The van der Waals surface area contributed by atoms with Crippen molar-refractivity contribution in [3.05, 3.63) is 55.5 Å². The first-order valence-corrected chi connectivity index (χ1v) is 6.63. The molecule has 2 rings (SSSR count). The first-order valence-electron chi connectivity index (χ1n) is 4.38. The molecule has 0 saturated carbocycles. The Morgan fingerprint density at radius 1 is 1.00 bits per heavy atom. The Hall–Kier alpha value is -0.0600. The first kappa shape index (κ1) is 11.4. The second-order valence-electron chi connectivity index (χ2n) is 3.10. The van der Waals surface area contributed by atoms with Gasteiger partial charge in [-0.05, 0) is 52.4 Å². The van der Waals surface area contributed by atoms with Crippen LogP contribution < -0.4 is 0 Å². The van der Waals surface area contributed by atoms with E-state index < -0.39 is 0 Å². The molecule has 3 heteroatoms. The van der Waals surface area contributed by atoms with Crippen LogP contribution in [0.25, 0.3) is 11.1 Å². The van der Waals surface area contributed by atoms with Crippen LogP contribution in [-0.4, -0.2) is 0 Å². The highest BCUT2D eigenvalue weighted by atomic mass is 127. The molecule has 2 aromatic carbocycles. The van der Waals surface area contributed by atoms with E-state index >= 15 is 0 Å². The molecule has 2 aromatic rings. The standard InChI is InChI=1S/C12H7BrClI/c13-8-5-6-11(14)10(7-8)9-3-1-2-4-12(9)15/h1-7H. The molecular weight excluding hydrogens is 386 g/mol. The zero-order chi connectivity index (χ0) is 10.8. The minimum atomic E-state index is 0.780. The monoisotopic (exact) mass is 392 g/mol. The van der Waals surface area contributed by atoms with Gasteiger partial charge in [0.05, 0.1) is 0 Å². The average Bonchev–Trinajstić information content (AvgIpc) is 2.23. The fourth-order valence-corrected chi connectivity index (χ4v) is 2.64. The Labute approximate surface area is 116 Å². The Morgan fingerprint density at radius 3 is 2.47 bits per heavy atom. The molecule has 0 aromatic heterocycles. The van der Waals surface area contributed by atoms with Gasteiger partial charge in [-0.3, -0.25) is 0 Å². The van der Waals surface area contributed by atoms with Gasteiger partial charge in [0.1, 0.15) is 0 Å². The summed E-state index contributed by atoms with van der Waals surface area (Å²) in [6.45, 7) is 0. The lowest BCUT2D eigenvalue weighted by atomic mass is 10.1. The summed E-state index contributed by atoms with van der Waals surface area (Å²) < 4.78 is 2.25. The lowest BCUT2D eigenvalue weighted by Gasteiger charge is -2.07. The van der Waals surface area contributed by atoms with Crippen molar-refractivity contribution >= 4 is 50.1 Å². The summed E-state index contributed by atoms with van der Waals surface area (Å²) in [6, 6.07) is 14.1. The zero-order valence-corrected chi connectivity index (χ0v) is 12.2. The minimum Gasteiger partial charge on any atom is -0.0837 e. The lowest BCUT2D eigenvalue weighted by molar-refractivity contribution is 1.56. The van der Waals surface area contributed by atoms with Gasteiger partial charge in [-0.15, -0.1) is 0 Å². The first-order chi connectivity index (χ1) is 7.18. The van der Waals surface area contributed by atoms with Crippen molar-refractivity contribution in [2.75, 3.05) is 0 Å². The van der Waals surface area contributed by atoms with Crippen LogP contribution in [0.2, 0.25) is 5.02 Å². The third-order valence-corrected chi connectivity index (χ3v) is 3.86. The molecular formula is C12H7BrClI. The summed E-state index contributed by atoms with van der Waals surface area (Å²) in [7, 11) is 0. The maximum Gasteiger partial charge on any atom is 0.0485 e. The lowest BCUT2D eigenvalue weighted by Crippen LogP contribution is -1.83. The normalized spacial score (nSPS) is 10.3. The number of halogens is 3. The van der Waals surface area contributed by atoms with Gasteiger partial charge in [-0.1, -0.05) is 45.7 Å². The van der Waals surface area contributed by atoms with Crippen molar-refractivity contribution in [2.24, 2.45) is 0 Å². The van der Waals surface area contributed by atoms with Gasteiger partial charge < -0.3 is 0 Å². The fraction of sp³-hybridized carbons (Fsp3) is 0. The Balaban J connectivity index is 2.64. The second-order valence-corrected chi connectivity index (χ2v) is 5.59. The van der Waals surface area contributed by atoms with Gasteiger partial charge in [0.2, 0.25) is 0 Å². The Bertz CT molecular complexity index is 497. The van der Waals surface area contributed by atoms with E-state index in [0.29, 0.717) is 0 Å². The van der Waals surface area contributed by atoms with Gasteiger partial charge in [-0.2, -0.15) is 0 Å². The van der Waals surface area contributed by atoms with Gasteiger partial charge in [0.25, 0.3) is 0 Å². The van der Waals surface area contributed by atoms with Crippen LogP contribution in [0.15, 0.2) is 46.9 Å². The largest absolute Gasteiger partial charge is 0.0837 e. The van der Waals surface area contributed by atoms with Crippen LogP contribution in [-0.2, 0) is 0 Å². The van der Waals surface area contributed by atoms with Crippen LogP contribution in [0.1, 0.15) is 0 Å². The summed E-state index contributed by atoms with van der Waals surface area (Å²) in [5, 5.41) is 0.780. The SMILES string of the molecule is Clc1ccc(Br)cc1-c1ccccc1I. The molecule has 0 aliphatic carbocycles. The molecule has 0 bridgehead atoms. The number of hydrogen-bond acceptors (Lipinski definition) is 0. The van der Waals surface area contributed by atoms with E-state index in [-0.39, 0.29) is 0 Å². The van der Waals surface area contributed by atoms with Crippen molar-refractivity contribution < 1.29 is 0 Å². The van der Waals surface area contributed by atoms with Crippen LogP contribution in [0.4, 0.5) is 0 Å². The van der Waals surface area contributed by atoms with E-state index in [0.717, 1.165) is 15.1 Å².